The Morgan fingerprint density at radius 3 is 2.85 bits per heavy atom. The summed E-state index contributed by atoms with van der Waals surface area (Å²) in [6.45, 7) is 0.946. The molecule has 0 bridgehead atoms. The molecule has 0 saturated carbocycles. The fourth-order valence-corrected chi connectivity index (χ4v) is 2.43. The number of carbonyl (C=O) groups is 2. The van der Waals surface area contributed by atoms with E-state index in [0.717, 1.165) is 24.6 Å². The number of nitrogens with zero attached hydrogens (tertiary/aromatic N) is 1. The molecule has 1 atom stereocenters. The Morgan fingerprint density at radius 2 is 2.15 bits per heavy atom. The zero-order valence-electron chi connectivity index (χ0n) is 10.9. The summed E-state index contributed by atoms with van der Waals surface area (Å²) in [6.07, 6.45) is 1.33. The number of amides is 1. The van der Waals surface area contributed by atoms with Crippen LogP contribution in [-0.2, 0) is 4.79 Å². The van der Waals surface area contributed by atoms with Crippen LogP contribution >= 0.6 is 0 Å². The molecule has 1 amide bonds. The van der Waals surface area contributed by atoms with E-state index in [-0.39, 0.29) is 23.7 Å². The minimum Gasteiger partial charge on any atom is -0.507 e. The minimum absolute atomic E-state index is 0.0520. The fourth-order valence-electron chi connectivity index (χ4n) is 2.43. The average Bonchev–Trinajstić information content (AvgIpc) is 2.87. The number of likely N-dealkylation sites (tertiary alicyclic amines) is 1. The lowest BCUT2D eigenvalue weighted by Crippen LogP contribution is -2.28. The number of rotatable bonds is 4. The molecule has 1 heterocycles. The van der Waals surface area contributed by atoms with Gasteiger partial charge in [-0.15, -0.1) is 0 Å². The smallest absolute Gasteiger partial charge is 0.303 e. The third-order valence-corrected chi connectivity index (χ3v) is 3.53. The van der Waals surface area contributed by atoms with Crippen molar-refractivity contribution in [3.05, 3.63) is 29.6 Å². The first-order valence-corrected chi connectivity index (χ1v) is 6.47. The van der Waals surface area contributed by atoms with Gasteiger partial charge in [-0.2, -0.15) is 0 Å². The van der Waals surface area contributed by atoms with E-state index >= 15 is 0 Å². The predicted molar refractivity (Wildman–Crippen MR) is 68.9 cm³/mol. The van der Waals surface area contributed by atoms with Crippen LogP contribution in [0.1, 0.15) is 29.6 Å². The van der Waals surface area contributed by atoms with Crippen LogP contribution in [0, 0.1) is 11.7 Å². The van der Waals surface area contributed by atoms with Gasteiger partial charge in [0.05, 0.1) is 5.56 Å². The third-order valence-electron chi connectivity index (χ3n) is 3.53. The molecule has 1 saturated heterocycles. The molecule has 5 nitrogen and oxygen atoms in total. The predicted octanol–water partition coefficient (Wildman–Crippen LogP) is 1.86. The molecule has 1 aliphatic rings. The van der Waals surface area contributed by atoms with Crippen molar-refractivity contribution in [1.29, 1.82) is 0 Å². The van der Waals surface area contributed by atoms with Gasteiger partial charge in [0.25, 0.3) is 5.91 Å². The molecule has 0 radical (unpaired) electrons. The van der Waals surface area contributed by atoms with Gasteiger partial charge in [-0.1, -0.05) is 0 Å². The number of carboxylic acid groups (broad SMARTS) is 1. The zero-order valence-corrected chi connectivity index (χ0v) is 10.9. The molecule has 1 fully saturated rings. The highest BCUT2D eigenvalue weighted by Gasteiger charge is 2.28. The van der Waals surface area contributed by atoms with Gasteiger partial charge >= 0.3 is 5.97 Å². The van der Waals surface area contributed by atoms with Crippen molar-refractivity contribution in [2.45, 2.75) is 19.3 Å². The summed E-state index contributed by atoms with van der Waals surface area (Å²) in [4.78, 5) is 24.2. The van der Waals surface area contributed by atoms with E-state index in [9.17, 15) is 19.1 Å². The van der Waals surface area contributed by atoms with Crippen LogP contribution in [0.3, 0.4) is 0 Å². The Kier molecular flexibility index (Phi) is 4.22. The quantitative estimate of drug-likeness (QED) is 0.883. The molecule has 0 aliphatic carbocycles. The van der Waals surface area contributed by atoms with Crippen LogP contribution < -0.4 is 0 Å². The molecule has 1 aromatic rings. The van der Waals surface area contributed by atoms with E-state index in [1.807, 2.05) is 0 Å². The van der Waals surface area contributed by atoms with Gasteiger partial charge in [-0.05, 0) is 37.0 Å². The number of halogens is 1. The van der Waals surface area contributed by atoms with E-state index in [1.165, 1.54) is 4.90 Å². The first kappa shape index (κ1) is 14.3. The molecular weight excluding hydrogens is 265 g/mol. The maximum absolute atomic E-state index is 13.1. The monoisotopic (exact) mass is 281 g/mol. The van der Waals surface area contributed by atoms with E-state index in [0.29, 0.717) is 19.5 Å². The van der Waals surface area contributed by atoms with E-state index < -0.39 is 17.7 Å². The molecule has 2 rings (SSSR count). The number of hydrogen-bond acceptors (Lipinski definition) is 3. The van der Waals surface area contributed by atoms with Gasteiger partial charge in [0.15, 0.2) is 0 Å². The summed E-state index contributed by atoms with van der Waals surface area (Å²) in [7, 11) is 0. The van der Waals surface area contributed by atoms with E-state index in [1.54, 1.807) is 0 Å². The van der Waals surface area contributed by atoms with Gasteiger partial charge in [0, 0.05) is 19.5 Å². The normalized spacial score (nSPS) is 18.2. The van der Waals surface area contributed by atoms with Crippen LogP contribution in [0.2, 0.25) is 0 Å². The molecular formula is C14H16FNO4. The summed E-state index contributed by atoms with van der Waals surface area (Å²) < 4.78 is 13.1. The second-order valence-corrected chi connectivity index (χ2v) is 5.00. The Morgan fingerprint density at radius 1 is 1.40 bits per heavy atom. The minimum atomic E-state index is -0.849. The number of aliphatic carboxylic acids is 1. The van der Waals surface area contributed by atoms with E-state index in [2.05, 4.69) is 0 Å². The second kappa shape index (κ2) is 5.90. The molecule has 1 unspecified atom stereocenters. The zero-order chi connectivity index (χ0) is 14.7. The SMILES string of the molecule is O=C(O)CCC1CCN(C(=O)c2cc(F)ccc2O)C1. The number of phenols is 1. The summed E-state index contributed by atoms with van der Waals surface area (Å²) in [5.74, 6) is -1.94. The van der Waals surface area contributed by atoms with Gasteiger partial charge in [-0.25, -0.2) is 4.39 Å². The molecule has 108 valence electrons. The van der Waals surface area contributed by atoms with Crippen molar-refractivity contribution in [3.8, 4) is 5.75 Å². The summed E-state index contributed by atoms with van der Waals surface area (Å²) >= 11 is 0. The number of carboxylic acids is 1. The second-order valence-electron chi connectivity index (χ2n) is 5.00. The lowest BCUT2D eigenvalue weighted by atomic mass is 10.0. The Hall–Kier alpha value is -2.11. The van der Waals surface area contributed by atoms with Crippen LogP contribution in [0.5, 0.6) is 5.75 Å². The number of benzene rings is 1. The summed E-state index contributed by atoms with van der Waals surface area (Å²) in [5.41, 5.74) is -0.0520. The molecule has 0 spiro atoms. The molecule has 0 aromatic heterocycles. The molecule has 1 aliphatic heterocycles. The van der Waals surface area contributed by atoms with Crippen molar-refractivity contribution in [2.24, 2.45) is 5.92 Å². The highest BCUT2D eigenvalue weighted by Crippen LogP contribution is 2.26. The number of hydrogen-bond donors (Lipinski definition) is 2. The fraction of sp³-hybridized carbons (Fsp3) is 0.429. The summed E-state index contributed by atoms with van der Waals surface area (Å²) in [6, 6.07) is 3.26. The van der Waals surface area contributed by atoms with Gasteiger partial charge in [0.1, 0.15) is 11.6 Å². The average molecular weight is 281 g/mol. The molecule has 2 N–H and O–H groups in total. The van der Waals surface area contributed by atoms with Crippen LogP contribution in [0.4, 0.5) is 4.39 Å². The van der Waals surface area contributed by atoms with Gasteiger partial charge < -0.3 is 15.1 Å². The van der Waals surface area contributed by atoms with E-state index in [4.69, 9.17) is 5.11 Å². The number of phenolic OH excluding ortho intramolecular Hbond substituents is 1. The first-order chi connectivity index (χ1) is 9.47. The van der Waals surface area contributed by atoms with Crippen molar-refractivity contribution in [1.82, 2.24) is 4.90 Å². The largest absolute Gasteiger partial charge is 0.507 e. The van der Waals surface area contributed by atoms with Crippen LogP contribution in [0.15, 0.2) is 18.2 Å². The standard InChI is InChI=1S/C14H16FNO4/c15-10-2-3-12(17)11(7-10)14(20)16-6-5-9(8-16)1-4-13(18)19/h2-3,7,9,17H,1,4-6,8H2,(H,18,19). The van der Waals surface area contributed by atoms with Crippen molar-refractivity contribution in [2.75, 3.05) is 13.1 Å². The highest BCUT2D eigenvalue weighted by atomic mass is 19.1. The lowest BCUT2D eigenvalue weighted by molar-refractivity contribution is -0.137. The molecule has 20 heavy (non-hydrogen) atoms. The lowest BCUT2D eigenvalue weighted by Gasteiger charge is -2.17. The van der Waals surface area contributed by atoms with Gasteiger partial charge in [-0.3, -0.25) is 9.59 Å². The van der Waals surface area contributed by atoms with Crippen molar-refractivity contribution < 1.29 is 24.2 Å². The van der Waals surface area contributed by atoms with Crippen LogP contribution in [0.25, 0.3) is 0 Å². The van der Waals surface area contributed by atoms with Crippen LogP contribution in [-0.4, -0.2) is 40.1 Å². The summed E-state index contributed by atoms with van der Waals surface area (Å²) in [5, 5.41) is 18.3. The Labute approximate surface area is 115 Å². The van der Waals surface area contributed by atoms with Crippen molar-refractivity contribution in [3.63, 3.8) is 0 Å². The number of carbonyl (C=O) groups excluding carboxylic acids is 1. The maximum Gasteiger partial charge on any atom is 0.303 e. The highest BCUT2D eigenvalue weighted by molar-refractivity contribution is 5.97. The molecule has 1 aromatic carbocycles. The Bertz CT molecular complexity index is 532. The first-order valence-electron chi connectivity index (χ1n) is 6.47. The maximum atomic E-state index is 13.1. The number of aromatic hydroxyl groups is 1. The van der Waals surface area contributed by atoms with Crippen molar-refractivity contribution >= 4 is 11.9 Å². The Balaban J connectivity index is 2.00. The van der Waals surface area contributed by atoms with Gasteiger partial charge in [0.2, 0.25) is 0 Å². The topological polar surface area (TPSA) is 77.8 Å². The molecule has 6 heteroatoms. The third kappa shape index (κ3) is 3.26.